The molecule has 0 aliphatic rings. The van der Waals surface area contributed by atoms with Gasteiger partial charge in [-0.15, -0.1) is 0 Å². The zero-order chi connectivity index (χ0) is 13.8. The molecule has 0 unspecified atom stereocenters. The van der Waals surface area contributed by atoms with E-state index in [1.165, 1.54) is 18.2 Å². The second-order valence-electron chi connectivity index (χ2n) is 3.83. The maximum atomic E-state index is 13.4. The summed E-state index contributed by atoms with van der Waals surface area (Å²) in [5.74, 6) is -2.39. The Morgan fingerprint density at radius 2 is 1.89 bits per heavy atom. The Bertz CT molecular complexity index is 611. The highest BCUT2D eigenvalue weighted by atomic mass is 19.1. The van der Waals surface area contributed by atoms with E-state index in [9.17, 15) is 13.6 Å². The predicted octanol–water partition coefficient (Wildman–Crippen LogP) is 3.24. The number of hydrogen-bond acceptors (Lipinski definition) is 2. The predicted molar refractivity (Wildman–Crippen MR) is 64.1 cm³/mol. The first kappa shape index (κ1) is 13.0. The minimum absolute atomic E-state index is 0.00924. The van der Waals surface area contributed by atoms with Crippen LogP contribution in [0, 0.1) is 11.6 Å². The van der Waals surface area contributed by atoms with Crippen LogP contribution in [-0.4, -0.2) is 11.1 Å². The first-order chi connectivity index (χ1) is 9.08. The molecule has 2 aromatic carbocycles. The van der Waals surface area contributed by atoms with Crippen LogP contribution in [0.15, 0.2) is 42.5 Å². The lowest BCUT2D eigenvalue weighted by Crippen LogP contribution is -2.04. The van der Waals surface area contributed by atoms with E-state index in [2.05, 4.69) is 0 Å². The molecule has 0 aliphatic heterocycles. The van der Waals surface area contributed by atoms with E-state index in [0.717, 1.165) is 12.1 Å². The molecule has 98 valence electrons. The molecule has 0 spiro atoms. The third-order valence-corrected chi connectivity index (χ3v) is 2.52. The molecule has 5 heteroatoms. The molecule has 19 heavy (non-hydrogen) atoms. The monoisotopic (exact) mass is 264 g/mol. The number of hydrogen-bond donors (Lipinski definition) is 1. The standard InChI is InChI=1S/C14H10F2O3/c15-10-6-5-9(12(16)7-10)8-19-13-4-2-1-3-11(13)14(17)18/h1-7H,8H2,(H,17,18). The molecule has 0 saturated carbocycles. The van der Waals surface area contributed by atoms with Gasteiger partial charge in [-0.1, -0.05) is 12.1 Å². The van der Waals surface area contributed by atoms with Gasteiger partial charge in [0.1, 0.15) is 29.6 Å². The number of ether oxygens (including phenoxy) is 1. The highest BCUT2D eigenvalue weighted by molar-refractivity contribution is 5.90. The van der Waals surface area contributed by atoms with Crippen LogP contribution in [0.4, 0.5) is 8.78 Å². The Morgan fingerprint density at radius 1 is 1.16 bits per heavy atom. The van der Waals surface area contributed by atoms with Gasteiger partial charge in [-0.2, -0.15) is 0 Å². The van der Waals surface area contributed by atoms with E-state index in [1.54, 1.807) is 12.1 Å². The Morgan fingerprint density at radius 3 is 2.58 bits per heavy atom. The van der Waals surface area contributed by atoms with Crippen molar-refractivity contribution in [1.82, 2.24) is 0 Å². The Balaban J connectivity index is 2.17. The second kappa shape index (κ2) is 5.48. The van der Waals surface area contributed by atoms with Gasteiger partial charge in [0.25, 0.3) is 0 Å². The molecule has 0 aromatic heterocycles. The fraction of sp³-hybridized carbons (Fsp3) is 0.0714. The summed E-state index contributed by atoms with van der Waals surface area (Å²) < 4.78 is 31.4. The van der Waals surface area contributed by atoms with Crippen LogP contribution in [0.25, 0.3) is 0 Å². The van der Waals surface area contributed by atoms with E-state index < -0.39 is 17.6 Å². The molecule has 0 bridgehead atoms. The summed E-state index contributed by atoms with van der Waals surface area (Å²) in [6.07, 6.45) is 0. The molecule has 0 fully saturated rings. The van der Waals surface area contributed by atoms with E-state index in [-0.39, 0.29) is 23.5 Å². The average molecular weight is 264 g/mol. The lowest BCUT2D eigenvalue weighted by Gasteiger charge is -2.09. The molecule has 0 aliphatic carbocycles. The molecule has 0 amide bonds. The molecule has 0 atom stereocenters. The van der Waals surface area contributed by atoms with E-state index in [0.29, 0.717) is 0 Å². The minimum Gasteiger partial charge on any atom is -0.488 e. The zero-order valence-corrected chi connectivity index (χ0v) is 9.77. The molecule has 0 heterocycles. The molecule has 3 nitrogen and oxygen atoms in total. The first-order valence-electron chi connectivity index (χ1n) is 5.47. The Kier molecular flexibility index (Phi) is 3.75. The highest BCUT2D eigenvalue weighted by Crippen LogP contribution is 2.20. The van der Waals surface area contributed by atoms with Gasteiger partial charge in [0.15, 0.2) is 0 Å². The summed E-state index contributed by atoms with van der Waals surface area (Å²) in [7, 11) is 0. The number of benzene rings is 2. The van der Waals surface area contributed by atoms with Crippen molar-refractivity contribution in [3.63, 3.8) is 0 Å². The normalized spacial score (nSPS) is 10.2. The van der Waals surface area contributed by atoms with Crippen LogP contribution in [0.2, 0.25) is 0 Å². The van der Waals surface area contributed by atoms with Gasteiger partial charge in [0.2, 0.25) is 0 Å². The van der Waals surface area contributed by atoms with Crippen molar-refractivity contribution in [2.24, 2.45) is 0 Å². The van der Waals surface area contributed by atoms with E-state index in [1.807, 2.05) is 0 Å². The van der Waals surface area contributed by atoms with Crippen molar-refractivity contribution < 1.29 is 23.4 Å². The smallest absolute Gasteiger partial charge is 0.339 e. The second-order valence-corrected chi connectivity index (χ2v) is 3.83. The van der Waals surface area contributed by atoms with Crippen molar-refractivity contribution in [3.8, 4) is 5.75 Å². The number of para-hydroxylation sites is 1. The van der Waals surface area contributed by atoms with Crippen molar-refractivity contribution in [2.75, 3.05) is 0 Å². The van der Waals surface area contributed by atoms with Crippen molar-refractivity contribution in [1.29, 1.82) is 0 Å². The lowest BCUT2D eigenvalue weighted by atomic mass is 10.2. The quantitative estimate of drug-likeness (QED) is 0.922. The van der Waals surface area contributed by atoms with Crippen LogP contribution in [-0.2, 0) is 6.61 Å². The van der Waals surface area contributed by atoms with Gasteiger partial charge >= 0.3 is 5.97 Å². The van der Waals surface area contributed by atoms with Crippen LogP contribution < -0.4 is 4.74 Å². The summed E-state index contributed by atoms with van der Waals surface area (Å²) >= 11 is 0. The summed E-state index contributed by atoms with van der Waals surface area (Å²) in [6.45, 7) is -0.170. The SMILES string of the molecule is O=C(O)c1ccccc1OCc1ccc(F)cc1F. The summed E-state index contributed by atoms with van der Waals surface area (Å²) in [4.78, 5) is 10.9. The molecule has 0 saturated heterocycles. The maximum Gasteiger partial charge on any atom is 0.339 e. The number of aromatic carboxylic acids is 1. The van der Waals surface area contributed by atoms with Gasteiger partial charge in [0, 0.05) is 11.6 Å². The maximum absolute atomic E-state index is 13.4. The van der Waals surface area contributed by atoms with E-state index in [4.69, 9.17) is 9.84 Å². The van der Waals surface area contributed by atoms with Gasteiger partial charge in [-0.05, 0) is 24.3 Å². The summed E-state index contributed by atoms with van der Waals surface area (Å²) in [5.41, 5.74) is 0.145. The topological polar surface area (TPSA) is 46.5 Å². The molecular weight excluding hydrogens is 254 g/mol. The number of carboxylic acid groups (broad SMARTS) is 1. The van der Waals surface area contributed by atoms with Gasteiger partial charge in [-0.25, -0.2) is 13.6 Å². The van der Waals surface area contributed by atoms with Gasteiger partial charge in [0.05, 0.1) is 0 Å². The number of carboxylic acids is 1. The van der Waals surface area contributed by atoms with E-state index >= 15 is 0 Å². The number of carbonyl (C=O) groups is 1. The third-order valence-electron chi connectivity index (χ3n) is 2.52. The molecule has 2 aromatic rings. The molecule has 2 rings (SSSR count). The largest absolute Gasteiger partial charge is 0.488 e. The van der Waals surface area contributed by atoms with Crippen LogP contribution in [0.3, 0.4) is 0 Å². The number of rotatable bonds is 4. The van der Waals surface area contributed by atoms with Gasteiger partial charge < -0.3 is 9.84 Å². The third kappa shape index (κ3) is 3.07. The molecule has 1 N–H and O–H groups in total. The number of halogens is 2. The Labute approximate surface area is 108 Å². The fourth-order valence-electron chi connectivity index (χ4n) is 1.56. The molecular formula is C14H10F2O3. The van der Waals surface area contributed by atoms with Gasteiger partial charge in [-0.3, -0.25) is 0 Å². The minimum atomic E-state index is -1.13. The van der Waals surface area contributed by atoms with Crippen molar-refractivity contribution in [3.05, 3.63) is 65.2 Å². The van der Waals surface area contributed by atoms with Crippen molar-refractivity contribution in [2.45, 2.75) is 6.61 Å². The highest BCUT2D eigenvalue weighted by Gasteiger charge is 2.11. The zero-order valence-electron chi connectivity index (χ0n) is 9.77. The summed E-state index contributed by atoms with van der Waals surface area (Å²) in [5, 5.41) is 8.95. The lowest BCUT2D eigenvalue weighted by molar-refractivity contribution is 0.0691. The van der Waals surface area contributed by atoms with Crippen LogP contribution in [0.1, 0.15) is 15.9 Å². The summed E-state index contributed by atoms with van der Waals surface area (Å²) in [6, 6.07) is 9.17. The fourth-order valence-corrected chi connectivity index (χ4v) is 1.56. The average Bonchev–Trinajstić information content (AvgIpc) is 2.38. The van der Waals surface area contributed by atoms with Crippen molar-refractivity contribution >= 4 is 5.97 Å². The molecule has 0 radical (unpaired) electrons. The first-order valence-corrected chi connectivity index (χ1v) is 5.47. The Hall–Kier alpha value is -2.43. The van der Waals surface area contributed by atoms with Crippen LogP contribution in [0.5, 0.6) is 5.75 Å². The van der Waals surface area contributed by atoms with Crippen LogP contribution >= 0.6 is 0 Å².